The summed E-state index contributed by atoms with van der Waals surface area (Å²) < 4.78 is 0. The van der Waals surface area contributed by atoms with Crippen LogP contribution in [0.5, 0.6) is 0 Å². The molecule has 0 saturated heterocycles. The van der Waals surface area contributed by atoms with Crippen LogP contribution in [-0.2, 0) is 9.59 Å². The number of benzene rings is 1. The second-order valence-corrected chi connectivity index (χ2v) is 4.43. The molecule has 0 aromatic heterocycles. The van der Waals surface area contributed by atoms with E-state index in [2.05, 4.69) is 5.32 Å². The minimum Gasteiger partial charge on any atom is -0.477 e. The van der Waals surface area contributed by atoms with Crippen LogP contribution in [0.1, 0.15) is 0 Å². The van der Waals surface area contributed by atoms with E-state index >= 15 is 0 Å². The Bertz CT molecular complexity index is 513. The smallest absolute Gasteiger partial charge is 0.348 e. The maximum atomic E-state index is 11.6. The van der Waals surface area contributed by atoms with E-state index in [-0.39, 0.29) is 4.91 Å². The first-order chi connectivity index (χ1) is 7.59. The quantitative estimate of drug-likeness (QED) is 0.756. The molecule has 6 heteroatoms. The van der Waals surface area contributed by atoms with Crippen molar-refractivity contribution < 1.29 is 14.7 Å². The Morgan fingerprint density at radius 3 is 2.75 bits per heavy atom. The number of nitrogens with one attached hydrogen (secondary N) is 1. The van der Waals surface area contributed by atoms with Gasteiger partial charge >= 0.3 is 5.97 Å². The molecule has 4 nitrogen and oxygen atoms in total. The van der Waals surface area contributed by atoms with Crippen LogP contribution in [0.15, 0.2) is 39.1 Å². The van der Waals surface area contributed by atoms with Crippen LogP contribution in [0.3, 0.4) is 0 Å². The van der Waals surface area contributed by atoms with Gasteiger partial charge in [0.25, 0.3) is 5.91 Å². The van der Waals surface area contributed by atoms with Gasteiger partial charge in [-0.25, -0.2) is 4.79 Å². The highest BCUT2D eigenvalue weighted by molar-refractivity contribution is 8.04. The second kappa shape index (κ2) is 4.19. The molecule has 2 rings (SSSR count). The third kappa shape index (κ3) is 1.91. The van der Waals surface area contributed by atoms with Gasteiger partial charge in [0.05, 0.1) is 5.69 Å². The summed E-state index contributed by atoms with van der Waals surface area (Å²) >= 11 is 6.61. The topological polar surface area (TPSA) is 66.4 Å². The van der Waals surface area contributed by atoms with Crippen molar-refractivity contribution in [3.8, 4) is 0 Å². The van der Waals surface area contributed by atoms with Gasteiger partial charge in [-0.1, -0.05) is 35.5 Å². The monoisotopic (exact) mass is 255 g/mol. The van der Waals surface area contributed by atoms with Gasteiger partial charge in [0.2, 0.25) is 0 Å². The summed E-state index contributed by atoms with van der Waals surface area (Å²) in [6, 6.07) is 7.11. The molecule has 1 aromatic carbocycles. The van der Waals surface area contributed by atoms with Crippen LogP contribution in [0.2, 0.25) is 0 Å². The molecule has 16 heavy (non-hydrogen) atoms. The minimum atomic E-state index is -1.31. The lowest BCUT2D eigenvalue weighted by molar-refractivity contribution is -0.132. The van der Waals surface area contributed by atoms with E-state index in [1.807, 2.05) is 0 Å². The van der Waals surface area contributed by atoms with Crippen molar-refractivity contribution in [3.63, 3.8) is 0 Å². The van der Waals surface area contributed by atoms with Crippen molar-refractivity contribution in [2.45, 2.75) is 4.90 Å². The third-order valence-electron chi connectivity index (χ3n) is 1.94. The summed E-state index contributed by atoms with van der Waals surface area (Å²) in [5.41, 5.74) is 0.663. The van der Waals surface area contributed by atoms with Gasteiger partial charge in [-0.15, -0.1) is 0 Å². The first-order valence-electron chi connectivity index (χ1n) is 4.31. The molecule has 82 valence electrons. The summed E-state index contributed by atoms with van der Waals surface area (Å²) in [6.45, 7) is 0. The van der Waals surface area contributed by atoms with E-state index in [9.17, 15) is 9.59 Å². The summed E-state index contributed by atoms with van der Waals surface area (Å²) in [7, 11) is 0. The summed E-state index contributed by atoms with van der Waals surface area (Å²) in [5.74, 6) is -1.80. The van der Waals surface area contributed by atoms with Gasteiger partial charge in [0.15, 0.2) is 0 Å². The highest BCUT2D eigenvalue weighted by Gasteiger charge is 2.26. The Labute approximate surface area is 100 Å². The van der Waals surface area contributed by atoms with Gasteiger partial charge in [0.1, 0.15) is 9.94 Å². The molecule has 1 amide bonds. The number of fused-ring (bicyclic) bond motifs is 1. The maximum Gasteiger partial charge on any atom is 0.348 e. The van der Waals surface area contributed by atoms with Crippen molar-refractivity contribution >= 4 is 40.9 Å². The number of rotatable bonds is 1. The summed E-state index contributed by atoms with van der Waals surface area (Å²) in [5, 5.41) is 10.8. The number of amides is 1. The van der Waals surface area contributed by atoms with Gasteiger partial charge in [0, 0.05) is 4.90 Å². The van der Waals surface area contributed by atoms with Gasteiger partial charge in [-0.2, -0.15) is 0 Å². The minimum absolute atomic E-state index is 0.00728. The normalized spacial score (nSPS) is 17.4. The zero-order chi connectivity index (χ0) is 11.7. The van der Waals surface area contributed by atoms with Crippen LogP contribution < -0.4 is 5.32 Å². The van der Waals surface area contributed by atoms with E-state index in [4.69, 9.17) is 16.7 Å². The highest BCUT2D eigenvalue weighted by atomic mass is 35.5. The van der Waals surface area contributed by atoms with Gasteiger partial charge < -0.3 is 10.4 Å². The lowest BCUT2D eigenvalue weighted by atomic mass is 10.3. The molecule has 0 spiro atoms. The first kappa shape index (κ1) is 11.0. The van der Waals surface area contributed by atoms with Crippen LogP contribution >= 0.6 is 23.4 Å². The molecular formula is C10H6ClNO3S. The van der Waals surface area contributed by atoms with E-state index in [1.165, 1.54) is 0 Å². The Morgan fingerprint density at radius 1 is 1.38 bits per heavy atom. The molecule has 2 N–H and O–H groups in total. The number of carboxylic acid groups (broad SMARTS) is 1. The molecule has 0 unspecified atom stereocenters. The van der Waals surface area contributed by atoms with E-state index in [0.717, 1.165) is 16.7 Å². The molecule has 0 radical (unpaired) electrons. The number of hydrogen-bond donors (Lipinski definition) is 2. The molecule has 1 heterocycles. The van der Waals surface area contributed by atoms with Crippen molar-refractivity contribution in [2.75, 3.05) is 5.32 Å². The van der Waals surface area contributed by atoms with E-state index in [0.29, 0.717) is 5.69 Å². The number of hydrogen-bond acceptors (Lipinski definition) is 3. The SMILES string of the molecule is O=C(O)C(Cl)=C1Sc2ccccc2NC1=O. The number of carboxylic acids is 1. The second-order valence-electron chi connectivity index (χ2n) is 3.00. The van der Waals surface area contributed by atoms with Gasteiger partial charge in [-0.3, -0.25) is 4.79 Å². The predicted octanol–water partition coefficient (Wildman–Crippen LogP) is 2.27. The van der Waals surface area contributed by atoms with Crippen LogP contribution in [0.4, 0.5) is 5.69 Å². The first-order valence-corrected chi connectivity index (χ1v) is 5.50. The molecule has 0 atom stereocenters. The van der Waals surface area contributed by atoms with Crippen molar-refractivity contribution in [3.05, 3.63) is 34.2 Å². The van der Waals surface area contributed by atoms with Crippen LogP contribution in [-0.4, -0.2) is 17.0 Å². The molecule has 0 aliphatic carbocycles. The van der Waals surface area contributed by atoms with Crippen molar-refractivity contribution in [1.29, 1.82) is 0 Å². The summed E-state index contributed by atoms with van der Waals surface area (Å²) in [4.78, 5) is 23.0. The van der Waals surface area contributed by atoms with Crippen LogP contribution in [0, 0.1) is 0 Å². The Balaban J connectivity index is 2.46. The lowest BCUT2D eigenvalue weighted by Gasteiger charge is -2.18. The zero-order valence-corrected chi connectivity index (χ0v) is 9.43. The number of para-hydroxylation sites is 1. The third-order valence-corrected chi connectivity index (χ3v) is 3.57. The zero-order valence-electron chi connectivity index (χ0n) is 7.86. The van der Waals surface area contributed by atoms with E-state index in [1.54, 1.807) is 24.3 Å². The molecule has 0 bridgehead atoms. The molecule has 1 aliphatic rings. The number of carbonyl (C=O) groups is 2. The van der Waals surface area contributed by atoms with Crippen molar-refractivity contribution in [1.82, 2.24) is 0 Å². The molecular weight excluding hydrogens is 250 g/mol. The molecule has 0 fully saturated rings. The Morgan fingerprint density at radius 2 is 2.06 bits per heavy atom. The Hall–Kier alpha value is -1.46. The highest BCUT2D eigenvalue weighted by Crippen LogP contribution is 2.39. The molecule has 0 saturated carbocycles. The predicted molar refractivity (Wildman–Crippen MR) is 61.4 cm³/mol. The van der Waals surface area contributed by atoms with Crippen LogP contribution in [0.25, 0.3) is 0 Å². The average molecular weight is 256 g/mol. The number of halogens is 1. The Kier molecular flexibility index (Phi) is 2.89. The number of anilines is 1. The average Bonchev–Trinajstić information content (AvgIpc) is 2.27. The number of carbonyl (C=O) groups excluding carboxylic acids is 1. The maximum absolute atomic E-state index is 11.6. The lowest BCUT2D eigenvalue weighted by Crippen LogP contribution is -2.19. The molecule has 1 aliphatic heterocycles. The van der Waals surface area contributed by atoms with Gasteiger partial charge in [-0.05, 0) is 12.1 Å². The summed E-state index contributed by atoms with van der Waals surface area (Å²) in [6.07, 6.45) is 0. The standard InChI is InChI=1S/C10H6ClNO3S/c11-7(10(14)15)8-9(13)12-5-3-1-2-4-6(5)16-8/h1-4H,(H,12,13)(H,14,15). The fourth-order valence-electron chi connectivity index (χ4n) is 1.24. The fraction of sp³-hybridized carbons (Fsp3) is 0. The number of aliphatic carboxylic acids is 1. The molecule has 1 aromatic rings. The largest absolute Gasteiger partial charge is 0.477 e. The number of thioether (sulfide) groups is 1. The van der Waals surface area contributed by atoms with Crippen molar-refractivity contribution in [2.24, 2.45) is 0 Å². The fourth-order valence-corrected chi connectivity index (χ4v) is 2.35. The van der Waals surface area contributed by atoms with E-state index < -0.39 is 16.9 Å².